The van der Waals surface area contributed by atoms with E-state index < -0.39 is 51.5 Å². The Labute approximate surface area is 225 Å². The molecule has 2 aromatic rings. The molecule has 1 aromatic carbocycles. The van der Waals surface area contributed by atoms with Gasteiger partial charge in [-0.15, -0.1) is 0 Å². The lowest BCUT2D eigenvalue weighted by Crippen LogP contribution is -2.60. The van der Waals surface area contributed by atoms with Gasteiger partial charge in [0.15, 0.2) is 6.19 Å². The van der Waals surface area contributed by atoms with Gasteiger partial charge in [0.2, 0.25) is 11.8 Å². The van der Waals surface area contributed by atoms with E-state index in [1.54, 1.807) is 6.19 Å². The third kappa shape index (κ3) is 6.59. The smallest absolute Gasteiger partial charge is 0.310 e. The van der Waals surface area contributed by atoms with Gasteiger partial charge < -0.3 is 15.4 Å². The van der Waals surface area contributed by atoms with Gasteiger partial charge in [0, 0.05) is 49.4 Å². The Hall–Kier alpha value is -3.97. The summed E-state index contributed by atoms with van der Waals surface area (Å²) < 4.78 is 72.5. The number of pyridine rings is 1. The molecule has 2 fully saturated rings. The minimum Gasteiger partial charge on any atom is -0.381 e. The van der Waals surface area contributed by atoms with E-state index in [0.29, 0.717) is 38.2 Å². The van der Waals surface area contributed by atoms with Crippen LogP contribution in [0.1, 0.15) is 24.4 Å². The van der Waals surface area contributed by atoms with E-state index in [1.165, 1.54) is 24.5 Å². The number of carbonyl (C=O) groups is 3. The molecule has 40 heavy (non-hydrogen) atoms. The zero-order valence-electron chi connectivity index (χ0n) is 20.8. The van der Waals surface area contributed by atoms with Crippen molar-refractivity contribution in [2.45, 2.75) is 35.9 Å². The summed E-state index contributed by atoms with van der Waals surface area (Å²) in [6.45, 7) is -0.0673. The van der Waals surface area contributed by atoms with Crippen molar-refractivity contribution in [1.29, 1.82) is 5.26 Å². The van der Waals surface area contributed by atoms with Crippen molar-refractivity contribution in [3.63, 3.8) is 0 Å². The highest BCUT2D eigenvalue weighted by atomic mass is 32.5. The largest absolute Gasteiger partial charge is 0.381 e. The molecule has 2 unspecified atom stereocenters. The van der Waals surface area contributed by atoms with Gasteiger partial charge in [-0.3, -0.25) is 29.2 Å². The van der Waals surface area contributed by atoms with Crippen LogP contribution < -0.4 is 15.5 Å². The van der Waals surface area contributed by atoms with E-state index >= 15 is 0 Å². The van der Waals surface area contributed by atoms with Gasteiger partial charge in [0.25, 0.3) is 5.91 Å². The van der Waals surface area contributed by atoms with E-state index in [9.17, 15) is 39.1 Å². The quantitative estimate of drug-likeness (QED) is 0.375. The molecule has 2 aliphatic rings. The van der Waals surface area contributed by atoms with E-state index in [4.69, 9.17) is 4.74 Å². The number of rotatable bonds is 7. The maximum absolute atomic E-state index is 14.0. The van der Waals surface area contributed by atoms with Crippen LogP contribution >= 0.6 is 10.2 Å². The van der Waals surface area contributed by atoms with Crippen molar-refractivity contribution in [3.05, 3.63) is 54.4 Å². The number of anilines is 1. The Bertz CT molecular complexity index is 1320. The van der Waals surface area contributed by atoms with E-state index in [0.717, 1.165) is 9.80 Å². The van der Waals surface area contributed by atoms with Crippen LogP contribution in [0.3, 0.4) is 0 Å². The lowest BCUT2D eigenvalue weighted by atomic mass is 10.0. The summed E-state index contributed by atoms with van der Waals surface area (Å²) in [6.07, 6.45) is 5.36. The number of nitrogens with zero attached hydrogens (tertiary/aromatic N) is 4. The zero-order valence-corrected chi connectivity index (χ0v) is 21.6. The van der Waals surface area contributed by atoms with Crippen LogP contribution in [0.25, 0.3) is 0 Å². The number of hydrogen-bond donors (Lipinski definition) is 2. The minimum atomic E-state index is -10.0. The second-order valence-electron chi connectivity index (χ2n) is 9.30. The fourth-order valence-electron chi connectivity index (χ4n) is 4.47. The van der Waals surface area contributed by atoms with Gasteiger partial charge in [-0.1, -0.05) is 25.5 Å². The first-order valence-electron chi connectivity index (χ1n) is 12.1. The van der Waals surface area contributed by atoms with Crippen LogP contribution in [0.15, 0.2) is 53.7 Å². The summed E-state index contributed by atoms with van der Waals surface area (Å²) in [5.41, 5.74) is -0.151. The van der Waals surface area contributed by atoms with Crippen LogP contribution in [0.5, 0.6) is 0 Å². The van der Waals surface area contributed by atoms with Crippen molar-refractivity contribution < 1.29 is 38.5 Å². The Morgan fingerprint density at radius 1 is 1.15 bits per heavy atom. The standard InChI is InChI=1S/C24H25F5N6O4S/c25-40(26,27,28,29)19-5-3-18(4-6-19)35(24(38)20-13-32-21(36)14-34(20)15-30)22(16-2-1-9-31-12-16)23(37)33-17-7-10-39-11-8-17/h1-6,9,12,17,20,22H,7-8,10-11,13-14H2,(H,32,36)(H,33,37). The lowest BCUT2D eigenvalue weighted by molar-refractivity contribution is -0.132. The molecule has 2 N–H and O–H groups in total. The van der Waals surface area contributed by atoms with Crippen LogP contribution in [0.2, 0.25) is 0 Å². The molecule has 2 saturated heterocycles. The van der Waals surface area contributed by atoms with Crippen LogP contribution in [-0.2, 0) is 19.1 Å². The number of amides is 3. The van der Waals surface area contributed by atoms with Crippen molar-refractivity contribution in [2.24, 2.45) is 0 Å². The molecule has 16 heteroatoms. The first-order chi connectivity index (χ1) is 18.7. The van der Waals surface area contributed by atoms with Crippen LogP contribution in [0, 0.1) is 11.5 Å². The highest BCUT2D eigenvalue weighted by Gasteiger charge is 2.65. The number of halogens is 5. The average Bonchev–Trinajstić information content (AvgIpc) is 2.91. The first kappa shape index (κ1) is 29.0. The fourth-order valence-corrected chi connectivity index (χ4v) is 5.12. The van der Waals surface area contributed by atoms with Crippen LogP contribution in [0.4, 0.5) is 25.1 Å². The number of carbonyl (C=O) groups excluding carboxylic acids is 3. The van der Waals surface area contributed by atoms with E-state index in [1.807, 2.05) is 0 Å². The average molecular weight is 589 g/mol. The van der Waals surface area contributed by atoms with Gasteiger partial charge in [-0.05, 0) is 43.2 Å². The SMILES string of the molecule is N#CN1CC(=O)NCC1C(=O)N(c1ccc(S(F)(F)(F)(F)F)cc1)C(C(=O)NC1CCOCC1)c1cccnc1. The van der Waals surface area contributed by atoms with Gasteiger partial charge >= 0.3 is 10.2 Å². The Morgan fingerprint density at radius 3 is 2.40 bits per heavy atom. The maximum Gasteiger partial charge on any atom is 0.310 e. The normalized spacial score (nSPS) is 20.8. The van der Waals surface area contributed by atoms with Gasteiger partial charge in [0.05, 0.1) is 0 Å². The number of ether oxygens (including phenoxy) is 1. The molecular formula is C24H25F5N6O4S. The molecule has 2 atom stereocenters. The zero-order chi connectivity index (χ0) is 29.2. The summed E-state index contributed by atoms with van der Waals surface area (Å²) in [7, 11) is -10.0. The predicted molar refractivity (Wildman–Crippen MR) is 133 cm³/mol. The summed E-state index contributed by atoms with van der Waals surface area (Å²) in [6, 6.07) is 1.35. The third-order valence-electron chi connectivity index (χ3n) is 6.47. The second-order valence-corrected chi connectivity index (χ2v) is 11.7. The summed E-state index contributed by atoms with van der Waals surface area (Å²) >= 11 is 0. The molecule has 2 aliphatic heterocycles. The number of piperazine rings is 1. The van der Waals surface area contributed by atoms with Gasteiger partial charge in [-0.2, -0.15) is 5.26 Å². The number of aromatic nitrogens is 1. The minimum absolute atomic E-state index is 0.137. The van der Waals surface area contributed by atoms with Crippen molar-refractivity contribution in [1.82, 2.24) is 20.5 Å². The third-order valence-corrected chi connectivity index (χ3v) is 7.63. The van der Waals surface area contributed by atoms with Gasteiger partial charge in [-0.25, -0.2) is 0 Å². The Balaban J connectivity index is 1.82. The topological polar surface area (TPSA) is 128 Å². The van der Waals surface area contributed by atoms with Gasteiger partial charge in [0.1, 0.15) is 23.5 Å². The molecule has 3 amide bonds. The van der Waals surface area contributed by atoms with Crippen molar-refractivity contribution in [3.8, 4) is 6.19 Å². The molecule has 0 aliphatic carbocycles. The molecular weight excluding hydrogens is 563 g/mol. The summed E-state index contributed by atoms with van der Waals surface area (Å²) in [5, 5.41) is 14.8. The number of benzene rings is 1. The lowest BCUT2D eigenvalue weighted by Gasteiger charge is -2.41. The first-order valence-corrected chi connectivity index (χ1v) is 14.0. The monoisotopic (exact) mass is 588 g/mol. The molecule has 10 nitrogen and oxygen atoms in total. The molecule has 0 saturated carbocycles. The second kappa shape index (κ2) is 10.2. The predicted octanol–water partition coefficient (Wildman–Crippen LogP) is 3.39. The van der Waals surface area contributed by atoms with E-state index in [2.05, 4.69) is 15.6 Å². The fraction of sp³-hybridized carbons (Fsp3) is 0.375. The number of nitrogens with one attached hydrogen (secondary N) is 2. The Morgan fingerprint density at radius 2 is 1.82 bits per heavy atom. The van der Waals surface area contributed by atoms with Crippen molar-refractivity contribution >= 4 is 33.6 Å². The molecule has 0 radical (unpaired) electrons. The molecule has 4 rings (SSSR count). The number of hydrogen-bond acceptors (Lipinski definition) is 7. The highest BCUT2D eigenvalue weighted by molar-refractivity contribution is 8.45. The van der Waals surface area contributed by atoms with E-state index in [-0.39, 0.29) is 36.0 Å². The Kier molecular flexibility index (Phi) is 7.41. The molecule has 0 spiro atoms. The molecule has 1 aromatic heterocycles. The molecule has 3 heterocycles. The summed E-state index contributed by atoms with van der Waals surface area (Å²) in [5.74, 6) is -2.19. The summed E-state index contributed by atoms with van der Waals surface area (Å²) in [4.78, 5) is 43.1. The van der Waals surface area contributed by atoms with Crippen molar-refractivity contribution in [2.75, 3.05) is 31.2 Å². The molecule has 0 bridgehead atoms. The highest BCUT2D eigenvalue weighted by Crippen LogP contribution is 3.02. The maximum atomic E-state index is 14.0. The van der Waals surface area contributed by atoms with Crippen LogP contribution in [-0.4, -0.2) is 66.0 Å². The number of nitriles is 1. The molecule has 216 valence electrons.